The zero-order valence-corrected chi connectivity index (χ0v) is 72.6. The highest BCUT2D eigenvalue weighted by molar-refractivity contribution is 5.69. The molecule has 0 aromatic heterocycles. The van der Waals surface area contributed by atoms with Crippen LogP contribution in [0, 0.1) is 105 Å². The number of hydrogen-bond donors (Lipinski definition) is 0. The van der Waals surface area contributed by atoms with Gasteiger partial charge in [-0.05, 0) is 224 Å². The number of benzene rings is 8. The van der Waals surface area contributed by atoms with Crippen LogP contribution in [0.5, 0.6) is 0 Å². The van der Waals surface area contributed by atoms with Gasteiger partial charge in [0.2, 0.25) is 0 Å². The van der Waals surface area contributed by atoms with Crippen molar-refractivity contribution in [3.63, 3.8) is 0 Å². The largest absolute Gasteiger partial charge is 0.207 e. The van der Waals surface area contributed by atoms with Gasteiger partial charge in [0, 0.05) is 0 Å². The molecule has 2 heteroatoms. The van der Waals surface area contributed by atoms with Gasteiger partial charge in [0.1, 0.15) is 11.6 Å². The number of rotatable bonds is 7. The fraction of sp³-hybridized carbons (Fsp3) is 0.456. The summed E-state index contributed by atoms with van der Waals surface area (Å²) in [7, 11) is 0. The molecule has 3 atom stereocenters. The van der Waals surface area contributed by atoms with Gasteiger partial charge in [0.15, 0.2) is 0 Å². The van der Waals surface area contributed by atoms with Crippen LogP contribution in [0.4, 0.5) is 8.78 Å². The predicted molar refractivity (Wildman–Crippen MR) is 472 cm³/mol. The Bertz CT molecular complexity index is 3650. The molecule has 0 bridgehead atoms. The first-order valence-electron chi connectivity index (χ1n) is 37.9. The zero-order chi connectivity index (χ0) is 80.6. The molecule has 0 amide bonds. The molecule has 0 fully saturated rings. The normalized spacial score (nSPS) is 12.4. The number of aryl methyl sites for hydroxylation is 7. The summed E-state index contributed by atoms with van der Waals surface area (Å²) in [5.41, 5.74) is 27.0. The molecule has 0 N–H and O–H groups in total. The van der Waals surface area contributed by atoms with Crippen LogP contribution >= 0.6 is 0 Å². The maximum Gasteiger partial charge on any atom is 0.123 e. The Kier molecular flexibility index (Phi) is 38.7. The number of halogens is 2. The van der Waals surface area contributed by atoms with Crippen molar-refractivity contribution in [2.24, 2.45) is 37.9 Å². The second kappa shape index (κ2) is 41.6. The summed E-state index contributed by atoms with van der Waals surface area (Å²) in [6, 6.07) is 61.4. The van der Waals surface area contributed by atoms with Crippen molar-refractivity contribution >= 4 is 22.3 Å². The van der Waals surface area contributed by atoms with E-state index in [9.17, 15) is 8.78 Å². The molecule has 105 heavy (non-hydrogen) atoms. The lowest BCUT2D eigenvalue weighted by Crippen LogP contribution is -2.15. The molecule has 8 rings (SSSR count). The van der Waals surface area contributed by atoms with Crippen LogP contribution in [0.1, 0.15) is 301 Å². The van der Waals surface area contributed by atoms with Crippen LogP contribution in [0.2, 0.25) is 0 Å². The first-order valence-corrected chi connectivity index (χ1v) is 37.9. The van der Waals surface area contributed by atoms with Gasteiger partial charge in [-0.25, -0.2) is 8.78 Å². The van der Waals surface area contributed by atoms with E-state index in [4.69, 9.17) is 0 Å². The summed E-state index contributed by atoms with van der Waals surface area (Å²) >= 11 is 0. The van der Waals surface area contributed by atoms with Gasteiger partial charge in [-0.15, -0.1) is 0 Å². The van der Waals surface area contributed by atoms with E-state index in [1.54, 1.807) is 18.2 Å². The molecular formula is C103H150F2. The smallest absolute Gasteiger partial charge is 0.123 e. The summed E-state index contributed by atoms with van der Waals surface area (Å²) in [6.45, 7) is 93.2. The van der Waals surface area contributed by atoms with E-state index in [0.717, 1.165) is 16.7 Å². The molecule has 0 aliphatic carbocycles. The average Bonchev–Trinajstić information content (AvgIpc) is 0.841. The molecule has 3 unspecified atom stereocenters. The van der Waals surface area contributed by atoms with Crippen molar-refractivity contribution in [1.82, 2.24) is 0 Å². The first-order chi connectivity index (χ1) is 47.2. The van der Waals surface area contributed by atoms with E-state index < -0.39 is 0 Å². The Balaban J connectivity index is 0.00000118. The third kappa shape index (κ3) is 36.2. The number of allylic oxidation sites excluding steroid dienone is 4. The van der Waals surface area contributed by atoms with Gasteiger partial charge in [-0.2, -0.15) is 0 Å². The molecule has 576 valence electrons. The molecule has 0 aliphatic rings. The summed E-state index contributed by atoms with van der Waals surface area (Å²) < 4.78 is 25.8. The highest BCUT2D eigenvalue weighted by Gasteiger charge is 2.25. The quantitative estimate of drug-likeness (QED) is 0.149. The van der Waals surface area contributed by atoms with Crippen LogP contribution in [-0.4, -0.2) is 0 Å². The third-order valence-corrected chi connectivity index (χ3v) is 20.2. The van der Waals surface area contributed by atoms with E-state index in [-0.39, 0.29) is 51.6 Å². The fourth-order valence-corrected chi connectivity index (χ4v) is 10.1. The van der Waals surface area contributed by atoms with Crippen LogP contribution in [0.15, 0.2) is 208 Å². The Morgan fingerprint density at radius 1 is 0.276 bits per heavy atom. The number of hydrogen-bond acceptors (Lipinski definition) is 0. The molecule has 0 saturated carbocycles. The highest BCUT2D eigenvalue weighted by Crippen LogP contribution is 2.39. The van der Waals surface area contributed by atoms with Crippen LogP contribution in [0.3, 0.4) is 0 Å². The minimum Gasteiger partial charge on any atom is -0.207 e. The maximum atomic E-state index is 12.9. The van der Waals surface area contributed by atoms with Crippen LogP contribution in [-0.2, 0) is 5.41 Å². The highest BCUT2D eigenvalue weighted by atomic mass is 19.1. The van der Waals surface area contributed by atoms with Crippen molar-refractivity contribution < 1.29 is 8.78 Å². The lowest BCUT2D eigenvalue weighted by molar-refractivity contribution is 0.339. The summed E-state index contributed by atoms with van der Waals surface area (Å²) in [4.78, 5) is 0. The van der Waals surface area contributed by atoms with Gasteiger partial charge < -0.3 is 0 Å². The summed E-state index contributed by atoms with van der Waals surface area (Å²) in [6.07, 6.45) is 0. The van der Waals surface area contributed by atoms with E-state index in [1.165, 1.54) is 113 Å². The molecular weight excluding hydrogens is 1280 g/mol. The standard InChI is InChI=1S/3C13H20.3C13H18.C12H17F.C12H15F.CH4/c1-9-7-12(13(4,5)6)8-10(2)11(9)3;5*1-10-6-8-12(9-7-10)11(2)13(3,4)5;2*1-9(12(2,3)4)10-6-5-7-11(13)8-10;/h7-8H,1-6H3;2*6-9,11H,1-5H3;3*6-9H,2H2,1,3-5H3;5-9H,1-4H3;5-8H,1H2,2-4H3;1H4. The monoisotopic (exact) mass is 1430 g/mol. The molecule has 0 radical (unpaired) electrons. The predicted octanol–water partition coefficient (Wildman–Crippen LogP) is 32.9. The van der Waals surface area contributed by atoms with Gasteiger partial charge in [-0.1, -0.05) is 406 Å². The molecule has 8 aromatic carbocycles. The minimum atomic E-state index is -0.206. The Hall–Kier alpha value is -7.42. The van der Waals surface area contributed by atoms with Crippen LogP contribution in [0.25, 0.3) is 22.3 Å². The Labute approximate surface area is 647 Å². The lowest BCUT2D eigenvalue weighted by Gasteiger charge is -2.27. The zero-order valence-electron chi connectivity index (χ0n) is 72.6. The van der Waals surface area contributed by atoms with Gasteiger partial charge in [-0.3, -0.25) is 0 Å². The first kappa shape index (κ1) is 97.6. The minimum absolute atomic E-state index is 0. The van der Waals surface area contributed by atoms with Crippen molar-refractivity contribution in [2.45, 2.75) is 273 Å². The van der Waals surface area contributed by atoms with Gasteiger partial charge in [0.25, 0.3) is 0 Å². The molecule has 0 heterocycles. The average molecular weight is 1430 g/mol. The second-order valence-electron chi connectivity index (χ2n) is 37.6. The molecule has 0 spiro atoms. The van der Waals surface area contributed by atoms with Crippen molar-refractivity contribution in [1.29, 1.82) is 0 Å². The molecule has 0 saturated heterocycles. The van der Waals surface area contributed by atoms with E-state index in [1.807, 2.05) is 12.1 Å². The maximum absolute atomic E-state index is 12.9. The molecule has 8 aromatic rings. The molecule has 0 nitrogen and oxygen atoms in total. The Morgan fingerprint density at radius 2 is 0.505 bits per heavy atom. The SMILES string of the molecule is C.C=C(c1ccc(C)cc1)C(C)(C)C.C=C(c1ccc(C)cc1)C(C)(C)C.C=C(c1ccc(C)cc1)C(C)(C)C.C=C(c1cccc(F)c1)C(C)(C)C.CC(c1cccc(F)c1)C(C)(C)C.Cc1cc(C(C)(C)C)cc(C)c1C.Cc1ccc(C(C)C(C)(C)C)cc1.Cc1ccc(C(C)C(C)(C)C)cc1. The van der Waals surface area contributed by atoms with E-state index in [2.05, 4.69) is 402 Å². The topological polar surface area (TPSA) is 0 Å². The third-order valence-electron chi connectivity index (χ3n) is 20.2. The second-order valence-corrected chi connectivity index (χ2v) is 37.6. The van der Waals surface area contributed by atoms with Crippen molar-refractivity contribution in [3.05, 3.63) is 309 Å². The van der Waals surface area contributed by atoms with Gasteiger partial charge >= 0.3 is 0 Å². The fourth-order valence-electron chi connectivity index (χ4n) is 10.1. The lowest BCUT2D eigenvalue weighted by atomic mass is 9.78. The summed E-state index contributed by atoms with van der Waals surface area (Å²) in [5.74, 6) is 1.26. The Morgan fingerprint density at radius 3 is 0.733 bits per heavy atom. The van der Waals surface area contributed by atoms with Crippen molar-refractivity contribution in [2.75, 3.05) is 0 Å². The molecule has 0 aliphatic heterocycles. The van der Waals surface area contributed by atoms with Crippen molar-refractivity contribution in [3.8, 4) is 0 Å². The van der Waals surface area contributed by atoms with E-state index >= 15 is 0 Å². The van der Waals surface area contributed by atoms with Gasteiger partial charge in [0.05, 0.1) is 0 Å². The van der Waals surface area contributed by atoms with Crippen LogP contribution < -0.4 is 0 Å². The summed E-state index contributed by atoms with van der Waals surface area (Å²) in [5, 5.41) is 0. The van der Waals surface area contributed by atoms with E-state index in [0.29, 0.717) is 28.6 Å².